The minimum absolute atomic E-state index is 0.134. The Morgan fingerprint density at radius 1 is 1.32 bits per heavy atom. The van der Waals surface area contributed by atoms with Crippen LogP contribution in [0.5, 0.6) is 0 Å². The SMILES string of the molecule is NC1=NCc2c(ncn2Cc2ccccc2)C(=O)N1. The third kappa shape index (κ3) is 2.20. The fraction of sp³-hybridized carbons (Fsp3) is 0.154. The summed E-state index contributed by atoms with van der Waals surface area (Å²) in [7, 11) is 0. The molecular weight excluding hydrogens is 242 g/mol. The molecule has 6 heteroatoms. The summed E-state index contributed by atoms with van der Waals surface area (Å²) in [5, 5.41) is 2.49. The Morgan fingerprint density at radius 3 is 2.89 bits per heavy atom. The lowest BCUT2D eigenvalue weighted by molar-refractivity contribution is 0.0972. The summed E-state index contributed by atoms with van der Waals surface area (Å²) in [6, 6.07) is 9.99. The molecule has 96 valence electrons. The number of hydrogen-bond donors (Lipinski definition) is 2. The Morgan fingerprint density at radius 2 is 2.11 bits per heavy atom. The van der Waals surface area contributed by atoms with Crippen LogP contribution in [0.15, 0.2) is 41.7 Å². The second kappa shape index (κ2) is 4.56. The van der Waals surface area contributed by atoms with Crippen LogP contribution in [-0.4, -0.2) is 21.4 Å². The minimum Gasteiger partial charge on any atom is -0.370 e. The molecule has 1 aliphatic heterocycles. The summed E-state index contributed by atoms with van der Waals surface area (Å²) in [5.74, 6) is -0.171. The second-order valence-corrected chi connectivity index (χ2v) is 4.31. The summed E-state index contributed by atoms with van der Waals surface area (Å²) in [6.45, 7) is 1.01. The summed E-state index contributed by atoms with van der Waals surface area (Å²) >= 11 is 0. The highest BCUT2D eigenvalue weighted by Crippen LogP contribution is 2.14. The van der Waals surface area contributed by atoms with Gasteiger partial charge >= 0.3 is 0 Å². The number of hydrogen-bond acceptors (Lipinski definition) is 4. The van der Waals surface area contributed by atoms with E-state index in [1.807, 2.05) is 34.9 Å². The van der Waals surface area contributed by atoms with Crippen LogP contribution >= 0.6 is 0 Å². The average molecular weight is 255 g/mol. The van der Waals surface area contributed by atoms with Gasteiger partial charge in [0.05, 0.1) is 18.6 Å². The molecule has 6 nitrogen and oxygen atoms in total. The van der Waals surface area contributed by atoms with Gasteiger partial charge in [-0.15, -0.1) is 0 Å². The van der Waals surface area contributed by atoms with Crippen LogP contribution < -0.4 is 11.1 Å². The van der Waals surface area contributed by atoms with Crippen molar-refractivity contribution in [1.82, 2.24) is 14.9 Å². The lowest BCUT2D eigenvalue weighted by Gasteiger charge is -2.06. The fourth-order valence-electron chi connectivity index (χ4n) is 2.05. The smallest absolute Gasteiger partial charge is 0.278 e. The molecule has 2 heterocycles. The van der Waals surface area contributed by atoms with Crippen molar-refractivity contribution >= 4 is 11.9 Å². The summed E-state index contributed by atoms with van der Waals surface area (Å²) in [6.07, 6.45) is 1.66. The first-order valence-corrected chi connectivity index (χ1v) is 5.93. The number of aliphatic imine (C=N–C) groups is 1. The van der Waals surface area contributed by atoms with E-state index in [-0.39, 0.29) is 11.9 Å². The van der Waals surface area contributed by atoms with Crippen molar-refractivity contribution in [3.05, 3.63) is 53.6 Å². The summed E-state index contributed by atoms with van der Waals surface area (Å²) in [4.78, 5) is 20.1. The van der Waals surface area contributed by atoms with E-state index in [0.717, 1.165) is 11.3 Å². The zero-order chi connectivity index (χ0) is 13.2. The number of nitrogens with two attached hydrogens (primary N) is 1. The van der Waals surface area contributed by atoms with Crippen molar-refractivity contribution in [2.75, 3.05) is 0 Å². The van der Waals surface area contributed by atoms with E-state index in [0.29, 0.717) is 18.8 Å². The third-order valence-corrected chi connectivity index (χ3v) is 3.00. The Kier molecular flexibility index (Phi) is 2.75. The van der Waals surface area contributed by atoms with Gasteiger partial charge in [0.25, 0.3) is 5.91 Å². The van der Waals surface area contributed by atoms with Crippen molar-refractivity contribution in [2.24, 2.45) is 10.7 Å². The number of nitrogens with zero attached hydrogens (tertiary/aromatic N) is 3. The molecule has 0 atom stereocenters. The molecule has 0 radical (unpaired) electrons. The quantitative estimate of drug-likeness (QED) is 0.819. The highest BCUT2D eigenvalue weighted by Gasteiger charge is 2.21. The molecular formula is C13H13N5O. The standard InChI is InChI=1S/C13H13N5O/c14-13-15-6-10-11(12(19)17-13)16-8-18(10)7-9-4-2-1-3-5-9/h1-5,8H,6-7H2,(H3,14,15,17,19). The van der Waals surface area contributed by atoms with E-state index in [1.54, 1.807) is 6.33 Å². The molecule has 1 aromatic heterocycles. The van der Waals surface area contributed by atoms with Gasteiger partial charge in [-0.3, -0.25) is 10.1 Å². The molecule has 0 spiro atoms. The monoisotopic (exact) mass is 255 g/mol. The highest BCUT2D eigenvalue weighted by atomic mass is 16.2. The van der Waals surface area contributed by atoms with E-state index in [1.165, 1.54) is 0 Å². The van der Waals surface area contributed by atoms with Crippen LogP contribution in [0.4, 0.5) is 0 Å². The number of imidazole rings is 1. The molecule has 0 saturated heterocycles. The topological polar surface area (TPSA) is 85.3 Å². The first kappa shape index (κ1) is 11.5. The van der Waals surface area contributed by atoms with Crippen molar-refractivity contribution in [3.8, 4) is 0 Å². The molecule has 0 bridgehead atoms. The van der Waals surface area contributed by atoms with Crippen molar-refractivity contribution in [2.45, 2.75) is 13.1 Å². The van der Waals surface area contributed by atoms with Crippen molar-refractivity contribution in [3.63, 3.8) is 0 Å². The normalized spacial score (nSPS) is 14.3. The molecule has 0 unspecified atom stereocenters. The highest BCUT2D eigenvalue weighted by molar-refractivity contribution is 6.05. The van der Waals surface area contributed by atoms with Gasteiger partial charge in [0, 0.05) is 6.54 Å². The van der Waals surface area contributed by atoms with Crippen molar-refractivity contribution < 1.29 is 4.79 Å². The molecule has 3 rings (SSSR count). The number of carbonyl (C=O) groups excluding carboxylic acids is 1. The lowest BCUT2D eigenvalue weighted by atomic mass is 10.2. The Balaban J connectivity index is 1.95. The zero-order valence-electron chi connectivity index (χ0n) is 10.2. The van der Waals surface area contributed by atoms with E-state index in [4.69, 9.17) is 5.73 Å². The third-order valence-electron chi connectivity index (χ3n) is 3.00. The lowest BCUT2D eigenvalue weighted by Crippen LogP contribution is -2.35. The number of guanidine groups is 1. The minimum atomic E-state index is -0.305. The fourth-order valence-corrected chi connectivity index (χ4v) is 2.05. The van der Waals surface area contributed by atoms with Gasteiger partial charge in [0.2, 0.25) is 0 Å². The number of amides is 1. The molecule has 3 N–H and O–H groups in total. The predicted molar refractivity (Wildman–Crippen MR) is 70.6 cm³/mol. The van der Waals surface area contributed by atoms with Crippen LogP contribution in [0, 0.1) is 0 Å². The number of aromatic nitrogens is 2. The van der Waals surface area contributed by atoms with Gasteiger partial charge in [-0.05, 0) is 5.56 Å². The van der Waals surface area contributed by atoms with E-state index in [2.05, 4.69) is 15.3 Å². The number of fused-ring (bicyclic) bond motifs is 1. The van der Waals surface area contributed by atoms with Crippen LogP contribution in [-0.2, 0) is 13.1 Å². The second-order valence-electron chi connectivity index (χ2n) is 4.31. The summed E-state index contributed by atoms with van der Waals surface area (Å²) < 4.78 is 1.92. The Labute approximate surface area is 110 Å². The predicted octanol–water partition coefficient (Wildman–Crippen LogP) is 0.489. The largest absolute Gasteiger partial charge is 0.370 e. The van der Waals surface area contributed by atoms with E-state index in [9.17, 15) is 4.79 Å². The van der Waals surface area contributed by atoms with Crippen LogP contribution in [0.25, 0.3) is 0 Å². The van der Waals surface area contributed by atoms with Crippen LogP contribution in [0.2, 0.25) is 0 Å². The van der Waals surface area contributed by atoms with E-state index < -0.39 is 0 Å². The van der Waals surface area contributed by atoms with Gasteiger partial charge in [-0.2, -0.15) is 0 Å². The maximum absolute atomic E-state index is 11.8. The Bertz CT molecular complexity index is 644. The molecule has 1 aromatic carbocycles. The number of rotatable bonds is 2. The molecule has 1 amide bonds. The zero-order valence-corrected chi connectivity index (χ0v) is 10.2. The number of carbonyl (C=O) groups is 1. The number of nitrogens with one attached hydrogen (secondary N) is 1. The molecule has 19 heavy (non-hydrogen) atoms. The summed E-state index contributed by atoms with van der Waals surface area (Å²) in [5.41, 5.74) is 7.86. The first-order chi connectivity index (χ1) is 9.24. The van der Waals surface area contributed by atoms with Gasteiger partial charge in [0.1, 0.15) is 0 Å². The maximum atomic E-state index is 11.8. The van der Waals surface area contributed by atoms with Crippen molar-refractivity contribution in [1.29, 1.82) is 0 Å². The van der Waals surface area contributed by atoms with Gasteiger partial charge in [-0.25, -0.2) is 9.98 Å². The van der Waals surface area contributed by atoms with Crippen LogP contribution in [0.3, 0.4) is 0 Å². The molecule has 2 aromatic rings. The maximum Gasteiger partial charge on any atom is 0.278 e. The first-order valence-electron chi connectivity index (χ1n) is 5.93. The van der Waals surface area contributed by atoms with Gasteiger partial charge in [0.15, 0.2) is 11.7 Å². The molecule has 1 aliphatic rings. The van der Waals surface area contributed by atoms with Gasteiger partial charge < -0.3 is 10.3 Å². The number of benzene rings is 1. The Hall–Kier alpha value is -2.63. The van der Waals surface area contributed by atoms with Crippen LogP contribution in [0.1, 0.15) is 21.7 Å². The molecule has 0 fully saturated rings. The molecule has 0 aliphatic carbocycles. The van der Waals surface area contributed by atoms with Gasteiger partial charge in [-0.1, -0.05) is 30.3 Å². The molecule has 0 saturated carbocycles. The average Bonchev–Trinajstić information content (AvgIpc) is 2.74. The van der Waals surface area contributed by atoms with E-state index >= 15 is 0 Å².